The molecule has 3 aliphatic heterocycles. The van der Waals surface area contributed by atoms with Crippen LogP contribution in [0.1, 0.15) is 215 Å². The minimum atomic E-state index is -5.01. The lowest BCUT2D eigenvalue weighted by molar-refractivity contribution is -0.144. The molecule has 778 valence electrons. The third-order valence-electron chi connectivity index (χ3n) is 24.1. The van der Waals surface area contributed by atoms with Crippen LogP contribution in [-0.4, -0.2) is 186 Å². The number of aromatic nitrogens is 12. The number of nitrogens with zero attached hydrogens (tertiary/aromatic N) is 17. The molecule has 6 aromatic heterocycles. The molecule has 12 rings (SSSR count). The zero-order valence-corrected chi connectivity index (χ0v) is 81.3. The van der Waals surface area contributed by atoms with Gasteiger partial charge in [-0.3, -0.25) is 23.6 Å². The molecule has 0 spiro atoms. The first-order valence-corrected chi connectivity index (χ1v) is 46.2. The highest BCUT2D eigenvalue weighted by molar-refractivity contribution is 6.61. The number of likely N-dealkylation sites (tertiary alicyclic amines) is 2. The number of carbonyl (C=O) groups excluding carboxylic acids is 5. The largest absolute Gasteiger partial charge is 0.469 e. The molecule has 47 heteroatoms. The van der Waals surface area contributed by atoms with E-state index in [2.05, 4.69) is 64.7 Å². The van der Waals surface area contributed by atoms with Crippen LogP contribution in [0.2, 0.25) is 0 Å². The van der Waals surface area contributed by atoms with Crippen molar-refractivity contribution in [3.63, 3.8) is 0 Å². The third kappa shape index (κ3) is 32.4. The van der Waals surface area contributed by atoms with E-state index in [9.17, 15) is 103 Å². The van der Waals surface area contributed by atoms with Crippen LogP contribution in [0.25, 0.3) is 33.4 Å². The standard InChI is InChI=1S/C32H38F6N6O4.C31H38F6N6O2.C26H30F6N6.C6H9ClO4/c1-5-25-13-27(14-26(6-2)44(25)30(46)48-9-7-8-28(45)47-4)43(29-39-15-21(16-40-29)22-17-41-42(3)19-22)18-20-10-23(31(33,34)35)12-24(11-20)32(36,37)38;1-7-24-12-26(13-25(8-2)43(24)28(44)45-29(3,4)5)42(27-38-14-20(15-39-27)21-16-40-41(6)18-21)17-19-9-22(30(32,33)34)11-23(10-19)31(35,36)37;1-4-21-9-23(10-22(5-2)36-21)38(24-33-11-17(12-34-24)18-13-35-37(3)15-18)14-16-6-19(25(27,28)29)8-20(7-16)26(30,31)32;1-10-5(8)3-2-4-11-6(7)9/h10-12,15-17,19,25-27H,5-9,13-14,18H2,1-4H3;9-11,14-16,18,24-26H,7-8,12-13,17H2,1-6H3;6-8,11-13,15,21-23,36H,4-5,9-10,14H2,1-3H3;2-4H2,1H3/t25-,26+,27?;24-,25+,26?;21-,22+,23?;. The number of halogens is 19. The van der Waals surface area contributed by atoms with Crippen molar-refractivity contribution in [2.24, 2.45) is 21.1 Å². The smallest absolute Gasteiger partial charge is 0.416 e. The van der Waals surface area contributed by atoms with Crippen LogP contribution in [0.5, 0.6) is 0 Å². The van der Waals surface area contributed by atoms with E-state index >= 15 is 0 Å². The number of anilines is 3. The summed E-state index contributed by atoms with van der Waals surface area (Å²) in [6.07, 6.45) is -3.78. The van der Waals surface area contributed by atoms with Crippen LogP contribution in [0.3, 0.4) is 0 Å². The molecule has 1 N–H and O–H groups in total. The maximum Gasteiger partial charge on any atom is 0.416 e. The molecule has 0 bridgehead atoms. The lowest BCUT2D eigenvalue weighted by atomic mass is 9.87. The monoisotopic (exact) mass is 2040 g/mol. The second-order valence-corrected chi connectivity index (χ2v) is 35.8. The van der Waals surface area contributed by atoms with E-state index in [1.54, 1.807) is 142 Å². The summed E-state index contributed by atoms with van der Waals surface area (Å²) >= 11 is 4.85. The fraction of sp³-hybridized carbons (Fsp3) is 0.537. The summed E-state index contributed by atoms with van der Waals surface area (Å²) in [6, 6.07) is 2.74. The summed E-state index contributed by atoms with van der Waals surface area (Å²) in [6.45, 7) is 16.3. The van der Waals surface area contributed by atoms with Crippen LogP contribution >= 0.6 is 11.6 Å². The molecule has 3 aliphatic rings. The molecule has 3 fully saturated rings. The van der Waals surface area contributed by atoms with Gasteiger partial charge in [-0.15, -0.1) is 0 Å². The minimum Gasteiger partial charge on any atom is -0.469 e. The normalized spacial score (nSPS) is 18.6. The van der Waals surface area contributed by atoms with Gasteiger partial charge in [-0.1, -0.05) is 41.5 Å². The fourth-order valence-electron chi connectivity index (χ4n) is 17.0. The number of rotatable bonds is 29. The summed E-state index contributed by atoms with van der Waals surface area (Å²) in [7, 11) is 7.83. The first-order valence-electron chi connectivity index (χ1n) is 45.8. The van der Waals surface area contributed by atoms with Gasteiger partial charge in [0.2, 0.25) is 17.8 Å². The summed E-state index contributed by atoms with van der Waals surface area (Å²) in [5.41, 5.74) is -6.15. The lowest BCUT2D eigenvalue weighted by Crippen LogP contribution is -2.57. The molecule has 9 atom stereocenters. The first-order chi connectivity index (χ1) is 66.6. The van der Waals surface area contributed by atoms with Crippen molar-refractivity contribution in [1.29, 1.82) is 0 Å². The molecular formula is C95H115ClF18N18O10. The molecule has 142 heavy (non-hydrogen) atoms. The van der Waals surface area contributed by atoms with Gasteiger partial charge in [-0.05, 0) is 182 Å². The van der Waals surface area contributed by atoms with Gasteiger partial charge >= 0.3 is 66.6 Å². The molecule has 0 aliphatic carbocycles. The number of piperidine rings is 3. The summed E-state index contributed by atoms with van der Waals surface area (Å²) in [4.78, 5) is 93.8. The average Bonchev–Trinajstić information content (AvgIpc) is 0.889. The number of hydrogen-bond acceptors (Lipinski definition) is 23. The third-order valence-corrected chi connectivity index (χ3v) is 24.2. The van der Waals surface area contributed by atoms with Crippen molar-refractivity contribution in [1.82, 2.24) is 74.4 Å². The number of alkyl halides is 18. The molecule has 28 nitrogen and oxygen atoms in total. The summed E-state index contributed by atoms with van der Waals surface area (Å²) in [5, 5.41) is 16.0. The highest BCUT2D eigenvalue weighted by Gasteiger charge is 2.47. The number of hydrogen-bond donors (Lipinski definition) is 1. The Balaban J connectivity index is 0.000000226. The average molecular weight is 2050 g/mol. The van der Waals surface area contributed by atoms with Crippen LogP contribution in [0.4, 0.5) is 111 Å². The van der Waals surface area contributed by atoms with E-state index in [4.69, 9.17) is 21.1 Å². The van der Waals surface area contributed by atoms with Crippen LogP contribution in [-0.2, 0) is 111 Å². The maximum atomic E-state index is 13.8. The Morgan fingerprint density at radius 2 is 0.634 bits per heavy atom. The van der Waals surface area contributed by atoms with Gasteiger partial charge in [-0.25, -0.2) is 44.3 Å². The number of amides is 2. The van der Waals surface area contributed by atoms with Gasteiger partial charge in [0.05, 0.1) is 79.4 Å². The second kappa shape index (κ2) is 49.2. The molecule has 3 saturated heterocycles. The molecule has 0 radical (unpaired) electrons. The van der Waals surface area contributed by atoms with Gasteiger partial charge in [-0.2, -0.15) is 94.3 Å². The predicted molar refractivity (Wildman–Crippen MR) is 488 cm³/mol. The van der Waals surface area contributed by atoms with E-state index in [1.807, 2.05) is 41.5 Å². The Morgan fingerprint density at radius 3 is 0.859 bits per heavy atom. The quantitative estimate of drug-likeness (QED) is 0.0150. The molecule has 2 amide bonds. The van der Waals surface area contributed by atoms with Crippen molar-refractivity contribution >= 4 is 59.0 Å². The fourth-order valence-corrected chi connectivity index (χ4v) is 17.1. The maximum absolute atomic E-state index is 13.8. The van der Waals surface area contributed by atoms with Crippen LogP contribution < -0.4 is 20.0 Å². The Morgan fingerprint density at radius 1 is 0.373 bits per heavy atom. The van der Waals surface area contributed by atoms with Gasteiger partial charge in [0.1, 0.15) is 5.60 Å². The second-order valence-electron chi connectivity index (χ2n) is 35.5. The van der Waals surface area contributed by atoms with Crippen molar-refractivity contribution in [3.8, 4) is 33.4 Å². The predicted octanol–water partition coefficient (Wildman–Crippen LogP) is 22.5. The van der Waals surface area contributed by atoms with Gasteiger partial charge in [0, 0.05) is 209 Å². The Kier molecular flexibility index (Phi) is 39.3. The van der Waals surface area contributed by atoms with E-state index < -0.39 is 112 Å². The Hall–Kier alpha value is -12.1. The summed E-state index contributed by atoms with van der Waals surface area (Å²) in [5.74, 6) is -0.240. The topological polar surface area (TPSA) is 291 Å². The molecule has 0 saturated carbocycles. The van der Waals surface area contributed by atoms with Crippen molar-refractivity contribution in [3.05, 3.63) is 179 Å². The number of ether oxygens (including phenoxy) is 5. The van der Waals surface area contributed by atoms with Crippen molar-refractivity contribution in [2.75, 3.05) is 42.1 Å². The highest BCUT2D eigenvalue weighted by Crippen LogP contribution is 2.44. The highest BCUT2D eigenvalue weighted by atomic mass is 35.5. The Bertz CT molecular complexity index is 5470. The molecule has 3 aromatic carbocycles. The van der Waals surface area contributed by atoms with Gasteiger partial charge in [0.25, 0.3) is 0 Å². The number of carbonyl (C=O) groups is 5. The molecule has 3 unspecified atom stereocenters. The lowest BCUT2D eigenvalue weighted by Gasteiger charge is -2.48. The van der Waals surface area contributed by atoms with Crippen LogP contribution in [0, 0.1) is 0 Å². The number of nitrogens with one attached hydrogen (secondary N) is 1. The molecule has 9 aromatic rings. The van der Waals surface area contributed by atoms with Crippen LogP contribution in [0.15, 0.2) is 129 Å². The number of methoxy groups -OCH3 is 2. The van der Waals surface area contributed by atoms with Crippen molar-refractivity contribution < 1.29 is 127 Å². The van der Waals surface area contributed by atoms with E-state index in [1.165, 1.54) is 26.6 Å². The minimum absolute atomic E-state index is 0.00105. The van der Waals surface area contributed by atoms with E-state index in [0.29, 0.717) is 99.5 Å². The summed E-state index contributed by atoms with van der Waals surface area (Å²) < 4.78 is 275. The van der Waals surface area contributed by atoms with Gasteiger partial charge < -0.3 is 53.5 Å². The van der Waals surface area contributed by atoms with E-state index in [-0.39, 0.29) is 153 Å². The SMILES string of the molecule is CC[C@@H]1CC(N(Cc2cc(C(F)(F)F)cc(C(F)(F)F)c2)c2ncc(-c3cnn(C)c3)cn2)C[C@H](CC)N1.CC[C@@H]1CC(N(Cc2cc(C(F)(F)F)cc(C(F)(F)F)c2)c2ncc(-c3cnn(C)c3)cn2)C[C@H](CC)N1C(=O)OC(C)(C)C.CC[C@@H]1CC(N(Cc2cc(C(F)(F)F)cc(C(F)(F)F)c2)c2ncc(-c3cnn(C)c3)cn2)C[C@H](CC)N1C(=O)OCCCC(=O)OC.COC(=O)CCCOC(=O)Cl. The van der Waals surface area contributed by atoms with Crippen molar-refractivity contribution in [2.45, 2.75) is 282 Å². The number of esters is 2. The Labute approximate surface area is 813 Å². The first kappa shape index (κ1) is 113. The number of benzene rings is 3. The zero-order chi connectivity index (χ0) is 105. The number of aryl methyl sites for hydroxylation is 3. The molecule has 9 heterocycles. The zero-order valence-electron chi connectivity index (χ0n) is 80.5. The molecular weight excluding hydrogens is 1930 g/mol. The van der Waals surface area contributed by atoms with E-state index in [0.717, 1.165) is 53.8 Å². The van der Waals surface area contributed by atoms with Gasteiger partial charge in [0.15, 0.2) is 0 Å².